The molecular formula is C16H22. The molecule has 0 aliphatic carbocycles. The maximum atomic E-state index is 3.89. The Morgan fingerprint density at radius 2 is 2.06 bits per heavy atom. The van der Waals surface area contributed by atoms with E-state index in [4.69, 9.17) is 0 Å². The highest BCUT2D eigenvalue weighted by Crippen LogP contribution is 2.06. The summed E-state index contributed by atoms with van der Waals surface area (Å²) >= 11 is 0. The van der Waals surface area contributed by atoms with Crippen molar-refractivity contribution in [2.45, 2.75) is 34.1 Å². The Morgan fingerprint density at radius 3 is 2.56 bits per heavy atom. The summed E-state index contributed by atoms with van der Waals surface area (Å²) in [5.41, 5.74) is 8.24. The predicted molar refractivity (Wildman–Crippen MR) is 73.3 cm³/mol. The van der Waals surface area contributed by atoms with Crippen molar-refractivity contribution in [1.82, 2.24) is 0 Å². The Kier molecular flexibility index (Phi) is 7.98. The van der Waals surface area contributed by atoms with Gasteiger partial charge < -0.3 is 0 Å². The third-order valence-electron chi connectivity index (χ3n) is 2.14. The molecule has 1 atom stereocenters. The van der Waals surface area contributed by atoms with Gasteiger partial charge in [0.25, 0.3) is 0 Å². The summed E-state index contributed by atoms with van der Waals surface area (Å²) in [4.78, 5) is 0. The largest absolute Gasteiger partial charge is 0.0955 e. The van der Waals surface area contributed by atoms with Crippen LogP contribution in [0.3, 0.4) is 0 Å². The molecule has 86 valence electrons. The molecule has 0 saturated heterocycles. The lowest BCUT2D eigenvalue weighted by Gasteiger charge is -1.94. The molecule has 0 aromatic carbocycles. The lowest BCUT2D eigenvalue weighted by Crippen LogP contribution is -1.79. The van der Waals surface area contributed by atoms with Gasteiger partial charge in [-0.25, -0.2) is 0 Å². The van der Waals surface area contributed by atoms with Gasteiger partial charge in [-0.05, 0) is 38.0 Å². The molecule has 0 spiro atoms. The minimum atomic E-state index is 0.416. The summed E-state index contributed by atoms with van der Waals surface area (Å²) in [6.07, 6.45) is 11.4. The second-order valence-corrected chi connectivity index (χ2v) is 3.82. The van der Waals surface area contributed by atoms with E-state index in [1.807, 2.05) is 32.1 Å². The quantitative estimate of drug-likeness (QED) is 0.344. The van der Waals surface area contributed by atoms with Crippen LogP contribution in [0.2, 0.25) is 0 Å². The summed E-state index contributed by atoms with van der Waals surface area (Å²) in [5.74, 6) is 0.416. The number of hydrogen-bond donors (Lipinski definition) is 0. The summed E-state index contributed by atoms with van der Waals surface area (Å²) < 4.78 is 0. The van der Waals surface area contributed by atoms with Crippen LogP contribution in [0.4, 0.5) is 0 Å². The van der Waals surface area contributed by atoms with Crippen LogP contribution in [0.25, 0.3) is 0 Å². The van der Waals surface area contributed by atoms with Crippen LogP contribution in [0.1, 0.15) is 34.1 Å². The standard InChI is InChI=1S/C16H22/c1-6-8-11-15(5)12-9-10-13-16(7-2)14(3)4/h7-8,11-13,15H,3,6H2,1-2,4-5H3. The Morgan fingerprint density at radius 1 is 1.38 bits per heavy atom. The van der Waals surface area contributed by atoms with E-state index in [2.05, 4.69) is 44.0 Å². The van der Waals surface area contributed by atoms with Crippen LogP contribution in [-0.4, -0.2) is 0 Å². The molecule has 0 fully saturated rings. The van der Waals surface area contributed by atoms with Gasteiger partial charge in [-0.1, -0.05) is 55.7 Å². The van der Waals surface area contributed by atoms with E-state index in [9.17, 15) is 0 Å². The average Bonchev–Trinajstić information content (AvgIpc) is 2.25. The first kappa shape index (κ1) is 14.5. The molecule has 0 aliphatic rings. The van der Waals surface area contributed by atoms with Gasteiger partial charge in [-0.2, -0.15) is 0 Å². The topological polar surface area (TPSA) is 0 Å². The Balaban J connectivity index is 4.58. The fourth-order valence-corrected chi connectivity index (χ4v) is 1.16. The first-order valence-electron chi connectivity index (χ1n) is 5.78. The Bertz CT molecular complexity index is 365. The van der Waals surface area contributed by atoms with Crippen molar-refractivity contribution < 1.29 is 0 Å². The van der Waals surface area contributed by atoms with Crippen LogP contribution < -0.4 is 0 Å². The summed E-state index contributed by atoms with van der Waals surface area (Å²) in [7, 11) is 0. The van der Waals surface area contributed by atoms with Gasteiger partial charge in [0, 0.05) is 5.92 Å². The minimum absolute atomic E-state index is 0.416. The maximum absolute atomic E-state index is 3.89. The SMILES string of the molecule is C=C(C)C(C=C=C=CC(C)C=CCC)=CC. The highest BCUT2D eigenvalue weighted by atomic mass is 13.9. The lowest BCUT2D eigenvalue weighted by atomic mass is 10.1. The zero-order valence-electron chi connectivity index (χ0n) is 10.9. The molecule has 0 heteroatoms. The van der Waals surface area contributed by atoms with Crippen LogP contribution in [0.5, 0.6) is 0 Å². The molecule has 0 amide bonds. The van der Waals surface area contributed by atoms with Crippen molar-refractivity contribution in [2.24, 2.45) is 5.92 Å². The first-order valence-corrected chi connectivity index (χ1v) is 5.78. The minimum Gasteiger partial charge on any atom is -0.0955 e. The van der Waals surface area contributed by atoms with Gasteiger partial charge >= 0.3 is 0 Å². The molecule has 16 heavy (non-hydrogen) atoms. The van der Waals surface area contributed by atoms with E-state index < -0.39 is 0 Å². The van der Waals surface area contributed by atoms with Crippen molar-refractivity contribution >= 4 is 0 Å². The van der Waals surface area contributed by atoms with Crippen molar-refractivity contribution in [1.29, 1.82) is 0 Å². The average molecular weight is 214 g/mol. The predicted octanol–water partition coefficient (Wildman–Crippen LogP) is 4.98. The molecule has 0 N–H and O–H groups in total. The highest BCUT2D eigenvalue weighted by Gasteiger charge is 1.88. The van der Waals surface area contributed by atoms with E-state index in [1.54, 1.807) is 0 Å². The Labute approximate surface area is 100 Å². The van der Waals surface area contributed by atoms with E-state index in [-0.39, 0.29) is 0 Å². The van der Waals surface area contributed by atoms with Gasteiger partial charge in [0.05, 0.1) is 0 Å². The third-order valence-corrected chi connectivity index (χ3v) is 2.14. The van der Waals surface area contributed by atoms with Crippen molar-refractivity contribution in [3.63, 3.8) is 0 Å². The highest BCUT2D eigenvalue weighted by molar-refractivity contribution is 5.35. The summed E-state index contributed by atoms with van der Waals surface area (Å²) in [6.45, 7) is 12.1. The molecule has 0 saturated carbocycles. The molecule has 1 unspecified atom stereocenters. The second kappa shape index (κ2) is 8.80. The molecule has 0 aromatic rings. The third kappa shape index (κ3) is 6.90. The van der Waals surface area contributed by atoms with Crippen molar-refractivity contribution in [2.75, 3.05) is 0 Å². The normalized spacial score (nSPS) is 12.9. The lowest BCUT2D eigenvalue weighted by molar-refractivity contribution is 0.932. The van der Waals surface area contributed by atoms with Crippen LogP contribution in [0.15, 0.2) is 59.6 Å². The number of hydrogen-bond acceptors (Lipinski definition) is 0. The van der Waals surface area contributed by atoms with Crippen LogP contribution in [0, 0.1) is 5.92 Å². The van der Waals surface area contributed by atoms with Gasteiger partial charge in [-0.3, -0.25) is 0 Å². The Hall–Kier alpha value is -1.48. The molecule has 0 aromatic heterocycles. The molecule has 0 aliphatic heterocycles. The van der Waals surface area contributed by atoms with Gasteiger partial charge in [0.2, 0.25) is 0 Å². The number of rotatable bonds is 5. The first-order chi connectivity index (χ1) is 7.61. The number of allylic oxidation sites excluding steroid dienone is 7. The summed E-state index contributed by atoms with van der Waals surface area (Å²) in [5, 5.41) is 0. The second-order valence-electron chi connectivity index (χ2n) is 3.82. The monoisotopic (exact) mass is 214 g/mol. The van der Waals surface area contributed by atoms with E-state index in [1.165, 1.54) is 0 Å². The molecule has 0 rings (SSSR count). The van der Waals surface area contributed by atoms with Gasteiger partial charge in [0.15, 0.2) is 0 Å². The molecule has 0 heterocycles. The van der Waals surface area contributed by atoms with E-state index in [0.717, 1.165) is 17.6 Å². The van der Waals surface area contributed by atoms with Crippen molar-refractivity contribution in [3.8, 4) is 0 Å². The molecule has 0 nitrogen and oxygen atoms in total. The van der Waals surface area contributed by atoms with E-state index >= 15 is 0 Å². The van der Waals surface area contributed by atoms with E-state index in [0.29, 0.717) is 5.92 Å². The zero-order chi connectivity index (χ0) is 12.4. The fourth-order valence-electron chi connectivity index (χ4n) is 1.16. The fraction of sp³-hybridized carbons (Fsp3) is 0.375. The van der Waals surface area contributed by atoms with Crippen molar-refractivity contribution in [3.05, 3.63) is 59.6 Å². The molecule has 0 bridgehead atoms. The zero-order valence-corrected chi connectivity index (χ0v) is 10.9. The van der Waals surface area contributed by atoms with Gasteiger partial charge in [0.1, 0.15) is 0 Å². The molecule has 0 radical (unpaired) electrons. The smallest absolute Gasteiger partial charge is 0.0000498 e. The van der Waals surface area contributed by atoms with Crippen LogP contribution in [-0.2, 0) is 0 Å². The molecular weight excluding hydrogens is 192 g/mol. The summed E-state index contributed by atoms with van der Waals surface area (Å²) in [6, 6.07) is 0. The van der Waals surface area contributed by atoms with Crippen LogP contribution >= 0.6 is 0 Å². The van der Waals surface area contributed by atoms with Gasteiger partial charge in [-0.15, -0.1) is 0 Å². The maximum Gasteiger partial charge on any atom is 0.0000498 e.